The highest BCUT2D eigenvalue weighted by atomic mass is 16.3. The van der Waals surface area contributed by atoms with E-state index in [1.807, 2.05) is 12.1 Å². The second kappa shape index (κ2) is 3.72. The molecule has 0 aromatic heterocycles. The summed E-state index contributed by atoms with van der Waals surface area (Å²) in [4.78, 5) is 0. The van der Waals surface area contributed by atoms with Crippen molar-refractivity contribution in [3.05, 3.63) is 66.7 Å². The number of phenols is 1. The number of phenolic OH excluding ortho intramolecular Hbond substituents is 1. The van der Waals surface area contributed by atoms with Crippen LogP contribution < -0.4 is 0 Å². The van der Waals surface area contributed by atoms with E-state index in [9.17, 15) is 5.11 Å². The fourth-order valence-corrected chi connectivity index (χ4v) is 2.85. The van der Waals surface area contributed by atoms with Crippen molar-refractivity contribution in [1.82, 2.24) is 0 Å². The van der Waals surface area contributed by atoms with Gasteiger partial charge in [0.15, 0.2) is 0 Å². The lowest BCUT2D eigenvalue weighted by Crippen LogP contribution is -1.81. The molecule has 0 aliphatic heterocycles. The van der Waals surface area contributed by atoms with Crippen LogP contribution in [-0.2, 0) is 0 Å². The number of hydrogen-bond acceptors (Lipinski definition) is 1. The zero-order chi connectivity index (χ0) is 12.8. The second-order valence-electron chi connectivity index (χ2n) is 4.82. The normalized spacial score (nSPS) is 11.4. The van der Waals surface area contributed by atoms with Crippen molar-refractivity contribution in [2.75, 3.05) is 0 Å². The average molecular weight is 244 g/mol. The molecule has 0 aliphatic carbocycles. The number of aromatic hydroxyl groups is 1. The minimum Gasteiger partial charge on any atom is -0.507 e. The third-order valence-corrected chi connectivity index (χ3v) is 3.74. The van der Waals surface area contributed by atoms with Crippen LogP contribution in [0.4, 0.5) is 0 Å². The van der Waals surface area contributed by atoms with E-state index in [4.69, 9.17) is 0 Å². The molecule has 0 spiro atoms. The third kappa shape index (κ3) is 1.42. The standard InChI is InChI=1S/C18H12O/c19-17-7-3-6-16-15(17)11-10-13-9-8-12-4-1-2-5-14(12)18(13)16/h1-11,19H. The highest BCUT2D eigenvalue weighted by Gasteiger charge is 2.06. The highest BCUT2D eigenvalue weighted by molar-refractivity contribution is 6.20. The molecule has 0 unspecified atom stereocenters. The van der Waals surface area contributed by atoms with E-state index < -0.39 is 0 Å². The Labute approximate surface area is 110 Å². The minimum absolute atomic E-state index is 0.340. The van der Waals surface area contributed by atoms with E-state index in [1.165, 1.54) is 21.5 Å². The molecular weight excluding hydrogens is 232 g/mol. The molecule has 0 atom stereocenters. The maximum Gasteiger partial charge on any atom is 0.123 e. The van der Waals surface area contributed by atoms with E-state index in [-0.39, 0.29) is 0 Å². The molecule has 0 amide bonds. The first-order valence-electron chi connectivity index (χ1n) is 6.37. The fraction of sp³-hybridized carbons (Fsp3) is 0. The van der Waals surface area contributed by atoms with Crippen LogP contribution in [0.15, 0.2) is 66.7 Å². The number of hydrogen-bond donors (Lipinski definition) is 1. The van der Waals surface area contributed by atoms with E-state index in [1.54, 1.807) is 6.07 Å². The van der Waals surface area contributed by atoms with Crippen molar-refractivity contribution in [2.45, 2.75) is 0 Å². The Morgan fingerprint density at radius 1 is 0.526 bits per heavy atom. The predicted molar refractivity (Wildman–Crippen MR) is 80.6 cm³/mol. The second-order valence-corrected chi connectivity index (χ2v) is 4.82. The van der Waals surface area contributed by atoms with Crippen molar-refractivity contribution in [1.29, 1.82) is 0 Å². The van der Waals surface area contributed by atoms with Gasteiger partial charge in [-0.1, -0.05) is 60.7 Å². The van der Waals surface area contributed by atoms with Crippen LogP contribution in [0.25, 0.3) is 32.3 Å². The summed E-state index contributed by atoms with van der Waals surface area (Å²) in [5.41, 5.74) is 0. The summed E-state index contributed by atoms with van der Waals surface area (Å²) in [6, 6.07) is 22.4. The molecule has 0 heterocycles. The maximum absolute atomic E-state index is 10.0. The summed E-state index contributed by atoms with van der Waals surface area (Å²) in [6.45, 7) is 0. The molecule has 1 heteroatoms. The Kier molecular flexibility index (Phi) is 2.04. The summed E-state index contributed by atoms with van der Waals surface area (Å²) in [7, 11) is 0. The number of benzene rings is 4. The number of rotatable bonds is 0. The van der Waals surface area contributed by atoms with Gasteiger partial charge in [0.2, 0.25) is 0 Å². The monoisotopic (exact) mass is 244 g/mol. The number of fused-ring (bicyclic) bond motifs is 5. The smallest absolute Gasteiger partial charge is 0.123 e. The summed E-state index contributed by atoms with van der Waals surface area (Å²) in [5.74, 6) is 0.340. The molecule has 90 valence electrons. The first kappa shape index (κ1) is 10.4. The molecule has 0 aliphatic rings. The molecule has 1 N–H and O–H groups in total. The molecule has 0 bridgehead atoms. The third-order valence-electron chi connectivity index (χ3n) is 3.74. The van der Waals surface area contributed by atoms with Gasteiger partial charge in [0, 0.05) is 5.39 Å². The Bertz CT molecular complexity index is 922. The van der Waals surface area contributed by atoms with Crippen LogP contribution in [0.2, 0.25) is 0 Å². The first-order valence-corrected chi connectivity index (χ1v) is 6.37. The van der Waals surface area contributed by atoms with Gasteiger partial charge in [-0.25, -0.2) is 0 Å². The average Bonchev–Trinajstić information content (AvgIpc) is 2.47. The molecule has 0 radical (unpaired) electrons. The summed E-state index contributed by atoms with van der Waals surface area (Å²) in [5, 5.41) is 16.9. The maximum atomic E-state index is 10.0. The van der Waals surface area contributed by atoms with E-state index in [0.717, 1.165) is 10.8 Å². The van der Waals surface area contributed by atoms with Crippen LogP contribution >= 0.6 is 0 Å². The largest absolute Gasteiger partial charge is 0.507 e. The van der Waals surface area contributed by atoms with Gasteiger partial charge >= 0.3 is 0 Å². The Balaban J connectivity index is 2.37. The lowest BCUT2D eigenvalue weighted by molar-refractivity contribution is 0.481. The summed E-state index contributed by atoms with van der Waals surface area (Å²) >= 11 is 0. The van der Waals surface area contributed by atoms with Gasteiger partial charge in [0.05, 0.1) is 0 Å². The topological polar surface area (TPSA) is 20.2 Å². The van der Waals surface area contributed by atoms with Gasteiger partial charge < -0.3 is 5.11 Å². The van der Waals surface area contributed by atoms with Crippen LogP contribution in [0.3, 0.4) is 0 Å². The summed E-state index contributed by atoms with van der Waals surface area (Å²) in [6.07, 6.45) is 0. The zero-order valence-electron chi connectivity index (χ0n) is 10.3. The Hall–Kier alpha value is -2.54. The van der Waals surface area contributed by atoms with Gasteiger partial charge in [0.25, 0.3) is 0 Å². The molecule has 0 saturated carbocycles. The van der Waals surface area contributed by atoms with Crippen LogP contribution in [-0.4, -0.2) is 5.11 Å². The Morgan fingerprint density at radius 3 is 2.21 bits per heavy atom. The lowest BCUT2D eigenvalue weighted by Gasteiger charge is -2.08. The molecule has 1 nitrogen and oxygen atoms in total. The lowest BCUT2D eigenvalue weighted by atomic mass is 9.96. The molecule has 19 heavy (non-hydrogen) atoms. The van der Waals surface area contributed by atoms with Crippen molar-refractivity contribution < 1.29 is 5.11 Å². The zero-order valence-corrected chi connectivity index (χ0v) is 10.3. The van der Waals surface area contributed by atoms with Crippen LogP contribution in [0.1, 0.15) is 0 Å². The molecule has 0 saturated heterocycles. The van der Waals surface area contributed by atoms with Gasteiger partial charge in [-0.05, 0) is 33.0 Å². The van der Waals surface area contributed by atoms with E-state index in [0.29, 0.717) is 5.75 Å². The van der Waals surface area contributed by atoms with Gasteiger partial charge in [-0.15, -0.1) is 0 Å². The molecular formula is C18H12O. The Morgan fingerprint density at radius 2 is 1.26 bits per heavy atom. The van der Waals surface area contributed by atoms with Crippen molar-refractivity contribution in [3.63, 3.8) is 0 Å². The van der Waals surface area contributed by atoms with E-state index >= 15 is 0 Å². The quantitative estimate of drug-likeness (QED) is 0.438. The van der Waals surface area contributed by atoms with Crippen molar-refractivity contribution in [2.24, 2.45) is 0 Å². The predicted octanol–water partition coefficient (Wildman–Crippen LogP) is 4.85. The fourth-order valence-electron chi connectivity index (χ4n) is 2.85. The van der Waals surface area contributed by atoms with Crippen LogP contribution in [0, 0.1) is 0 Å². The van der Waals surface area contributed by atoms with Gasteiger partial charge in [-0.3, -0.25) is 0 Å². The molecule has 4 aromatic carbocycles. The SMILES string of the molecule is Oc1cccc2c1ccc1ccc3ccccc3c12. The highest BCUT2D eigenvalue weighted by Crippen LogP contribution is 2.35. The van der Waals surface area contributed by atoms with Gasteiger partial charge in [-0.2, -0.15) is 0 Å². The minimum atomic E-state index is 0.340. The summed E-state index contributed by atoms with van der Waals surface area (Å²) < 4.78 is 0. The van der Waals surface area contributed by atoms with E-state index in [2.05, 4.69) is 48.5 Å². The van der Waals surface area contributed by atoms with Crippen LogP contribution in [0.5, 0.6) is 5.75 Å². The van der Waals surface area contributed by atoms with Crippen molar-refractivity contribution >= 4 is 32.3 Å². The van der Waals surface area contributed by atoms with Gasteiger partial charge in [0.1, 0.15) is 5.75 Å². The van der Waals surface area contributed by atoms with Crippen molar-refractivity contribution in [3.8, 4) is 5.75 Å². The first-order chi connectivity index (χ1) is 9.34. The molecule has 4 rings (SSSR count). The molecule has 4 aromatic rings. The molecule has 0 fully saturated rings.